The number of hydrogen-bond acceptors (Lipinski definition) is 4. The molecule has 0 atom stereocenters. The van der Waals surface area contributed by atoms with E-state index in [0.29, 0.717) is 16.5 Å². The fourth-order valence-corrected chi connectivity index (χ4v) is 3.84. The van der Waals surface area contributed by atoms with Gasteiger partial charge in [-0.1, -0.05) is 0 Å². The number of nitrogens with one attached hydrogen (secondary N) is 1. The zero-order chi connectivity index (χ0) is 14.7. The minimum absolute atomic E-state index is 0.0694. The molecular formula is C14H20N4OS. The van der Waals surface area contributed by atoms with Gasteiger partial charge in [0.1, 0.15) is 9.71 Å². The van der Waals surface area contributed by atoms with Gasteiger partial charge in [-0.25, -0.2) is 0 Å². The van der Waals surface area contributed by atoms with Gasteiger partial charge in [0.2, 0.25) is 0 Å². The van der Waals surface area contributed by atoms with Crippen molar-refractivity contribution in [1.82, 2.24) is 15.1 Å². The monoisotopic (exact) mass is 292 g/mol. The van der Waals surface area contributed by atoms with E-state index in [2.05, 4.69) is 24.3 Å². The van der Waals surface area contributed by atoms with Crippen molar-refractivity contribution in [3.05, 3.63) is 10.6 Å². The van der Waals surface area contributed by atoms with E-state index in [1.54, 1.807) is 4.68 Å². The lowest BCUT2D eigenvalue weighted by Crippen LogP contribution is -2.45. The largest absolute Gasteiger partial charge is 0.397 e. The Hall–Kier alpha value is -1.56. The summed E-state index contributed by atoms with van der Waals surface area (Å²) in [5.74, 6) is 0.519. The maximum absolute atomic E-state index is 12.5. The van der Waals surface area contributed by atoms with Gasteiger partial charge in [-0.2, -0.15) is 5.10 Å². The molecular weight excluding hydrogens is 272 g/mol. The second-order valence-corrected chi connectivity index (χ2v) is 7.18. The number of anilines is 1. The summed E-state index contributed by atoms with van der Waals surface area (Å²) in [6.07, 6.45) is 2.39. The number of fused-ring (bicyclic) bond motifs is 1. The van der Waals surface area contributed by atoms with Crippen LogP contribution in [0.5, 0.6) is 0 Å². The molecule has 1 amide bonds. The van der Waals surface area contributed by atoms with Crippen LogP contribution in [0.25, 0.3) is 10.2 Å². The molecule has 3 rings (SSSR count). The first-order valence-electron chi connectivity index (χ1n) is 6.85. The zero-order valence-corrected chi connectivity index (χ0v) is 13.1. The van der Waals surface area contributed by atoms with Crippen LogP contribution in [-0.4, -0.2) is 21.2 Å². The van der Waals surface area contributed by atoms with Crippen LogP contribution in [0.15, 0.2) is 0 Å². The van der Waals surface area contributed by atoms with E-state index in [-0.39, 0.29) is 11.4 Å². The summed E-state index contributed by atoms with van der Waals surface area (Å²) in [7, 11) is 1.88. The SMILES string of the molecule is Cc1nn(C)c2sc(C(=O)NC(C)(C)C3CC3)c(N)c12. The van der Waals surface area contributed by atoms with E-state index < -0.39 is 0 Å². The van der Waals surface area contributed by atoms with Gasteiger partial charge in [-0.05, 0) is 39.5 Å². The summed E-state index contributed by atoms with van der Waals surface area (Å²) in [6, 6.07) is 0. The maximum Gasteiger partial charge on any atom is 0.263 e. The lowest BCUT2D eigenvalue weighted by molar-refractivity contribution is 0.0908. The molecule has 1 fully saturated rings. The smallest absolute Gasteiger partial charge is 0.263 e. The van der Waals surface area contributed by atoms with Crippen LogP contribution in [0.1, 0.15) is 42.1 Å². The Bertz CT molecular complexity index is 694. The number of carbonyl (C=O) groups excluding carboxylic acids is 1. The Kier molecular flexibility index (Phi) is 2.83. The van der Waals surface area contributed by atoms with Crippen molar-refractivity contribution in [2.45, 2.75) is 39.2 Å². The van der Waals surface area contributed by atoms with Crippen molar-refractivity contribution in [2.24, 2.45) is 13.0 Å². The van der Waals surface area contributed by atoms with E-state index in [1.807, 2.05) is 14.0 Å². The van der Waals surface area contributed by atoms with Gasteiger partial charge in [-0.15, -0.1) is 11.3 Å². The van der Waals surface area contributed by atoms with Gasteiger partial charge in [0.05, 0.1) is 16.8 Å². The molecule has 2 heterocycles. The third-order valence-electron chi connectivity index (χ3n) is 4.12. The molecule has 1 aliphatic rings. The quantitative estimate of drug-likeness (QED) is 0.912. The molecule has 2 aromatic rings. The van der Waals surface area contributed by atoms with Crippen molar-refractivity contribution >= 4 is 33.1 Å². The summed E-state index contributed by atoms with van der Waals surface area (Å²) < 4.78 is 1.79. The van der Waals surface area contributed by atoms with Crippen molar-refractivity contribution in [3.63, 3.8) is 0 Å². The van der Waals surface area contributed by atoms with Gasteiger partial charge in [-0.3, -0.25) is 9.48 Å². The van der Waals surface area contributed by atoms with Crippen LogP contribution in [0.3, 0.4) is 0 Å². The van der Waals surface area contributed by atoms with Crippen molar-refractivity contribution in [1.29, 1.82) is 0 Å². The summed E-state index contributed by atoms with van der Waals surface area (Å²) in [4.78, 5) is 14.0. The van der Waals surface area contributed by atoms with E-state index in [0.717, 1.165) is 15.9 Å². The molecule has 0 aliphatic heterocycles. The van der Waals surface area contributed by atoms with Crippen LogP contribution < -0.4 is 11.1 Å². The van der Waals surface area contributed by atoms with Crippen LogP contribution in [0.2, 0.25) is 0 Å². The summed E-state index contributed by atoms with van der Waals surface area (Å²) in [5.41, 5.74) is 7.43. The number of nitrogens with zero attached hydrogens (tertiary/aromatic N) is 2. The summed E-state index contributed by atoms with van der Waals surface area (Å²) >= 11 is 1.42. The fraction of sp³-hybridized carbons (Fsp3) is 0.571. The Morgan fingerprint density at radius 1 is 1.50 bits per heavy atom. The highest BCUT2D eigenvalue weighted by Crippen LogP contribution is 2.40. The van der Waals surface area contributed by atoms with Gasteiger partial charge in [0.25, 0.3) is 5.91 Å². The standard InChI is InChI=1S/C14H20N4OS/c1-7-9-10(15)11(20-13(9)18(4)17-7)12(19)16-14(2,3)8-5-6-8/h8H,5-6,15H2,1-4H3,(H,16,19). The van der Waals surface area contributed by atoms with E-state index in [1.165, 1.54) is 24.2 Å². The Labute approximate surface area is 122 Å². The van der Waals surface area contributed by atoms with Gasteiger partial charge in [0.15, 0.2) is 0 Å². The second kappa shape index (κ2) is 4.22. The second-order valence-electron chi connectivity index (χ2n) is 6.18. The number of aromatic nitrogens is 2. The number of aryl methyl sites for hydroxylation is 2. The fourth-order valence-electron chi connectivity index (χ4n) is 2.75. The lowest BCUT2D eigenvalue weighted by Gasteiger charge is -2.25. The molecule has 6 heteroatoms. The van der Waals surface area contributed by atoms with Gasteiger partial charge in [0, 0.05) is 12.6 Å². The summed E-state index contributed by atoms with van der Waals surface area (Å²) in [6.45, 7) is 6.08. The summed E-state index contributed by atoms with van der Waals surface area (Å²) in [5, 5.41) is 8.38. The predicted molar refractivity (Wildman–Crippen MR) is 82.0 cm³/mol. The van der Waals surface area contributed by atoms with Crippen molar-refractivity contribution < 1.29 is 4.79 Å². The Morgan fingerprint density at radius 2 is 2.15 bits per heavy atom. The molecule has 2 aromatic heterocycles. The number of thiophene rings is 1. The molecule has 0 aromatic carbocycles. The molecule has 3 N–H and O–H groups in total. The predicted octanol–water partition coefficient (Wildman–Crippen LogP) is 2.44. The van der Waals surface area contributed by atoms with Crippen LogP contribution in [0.4, 0.5) is 5.69 Å². The highest BCUT2D eigenvalue weighted by Gasteiger charge is 2.39. The zero-order valence-electron chi connectivity index (χ0n) is 12.3. The van der Waals surface area contributed by atoms with Crippen molar-refractivity contribution in [2.75, 3.05) is 5.73 Å². The third-order valence-corrected chi connectivity index (χ3v) is 5.39. The van der Waals surface area contributed by atoms with Crippen LogP contribution in [0, 0.1) is 12.8 Å². The number of nitrogen functional groups attached to an aromatic ring is 1. The normalized spacial score (nSPS) is 15.8. The first kappa shape index (κ1) is 13.4. The molecule has 5 nitrogen and oxygen atoms in total. The Balaban J connectivity index is 1.95. The molecule has 0 spiro atoms. The van der Waals surface area contributed by atoms with Gasteiger partial charge >= 0.3 is 0 Å². The number of hydrogen-bond donors (Lipinski definition) is 2. The number of nitrogens with two attached hydrogens (primary N) is 1. The highest BCUT2D eigenvalue weighted by molar-refractivity contribution is 7.21. The lowest BCUT2D eigenvalue weighted by atomic mass is 9.98. The average molecular weight is 292 g/mol. The molecule has 108 valence electrons. The van der Waals surface area contributed by atoms with E-state index >= 15 is 0 Å². The first-order chi connectivity index (χ1) is 9.31. The molecule has 0 radical (unpaired) electrons. The molecule has 0 unspecified atom stereocenters. The molecule has 1 aliphatic carbocycles. The van der Waals surface area contributed by atoms with E-state index in [4.69, 9.17) is 5.73 Å². The topological polar surface area (TPSA) is 72.9 Å². The van der Waals surface area contributed by atoms with Crippen LogP contribution >= 0.6 is 11.3 Å². The minimum atomic E-state index is -0.160. The number of amides is 1. The maximum atomic E-state index is 12.5. The molecule has 0 bridgehead atoms. The highest BCUT2D eigenvalue weighted by atomic mass is 32.1. The molecule has 1 saturated carbocycles. The Morgan fingerprint density at radius 3 is 2.70 bits per heavy atom. The van der Waals surface area contributed by atoms with E-state index in [9.17, 15) is 4.79 Å². The van der Waals surface area contributed by atoms with Gasteiger partial charge < -0.3 is 11.1 Å². The van der Waals surface area contributed by atoms with Crippen LogP contribution in [-0.2, 0) is 7.05 Å². The molecule has 0 saturated heterocycles. The minimum Gasteiger partial charge on any atom is -0.397 e. The average Bonchev–Trinajstić information content (AvgIpc) is 3.07. The molecule has 20 heavy (non-hydrogen) atoms. The number of carbonyl (C=O) groups is 1. The van der Waals surface area contributed by atoms with Crippen molar-refractivity contribution in [3.8, 4) is 0 Å². The third kappa shape index (κ3) is 1.98. The first-order valence-corrected chi connectivity index (χ1v) is 7.67. The number of rotatable bonds is 3.